The van der Waals surface area contributed by atoms with Gasteiger partial charge >= 0.3 is 5.97 Å². The number of carbonyl (C=O) groups excluding carboxylic acids is 1. The van der Waals surface area contributed by atoms with Crippen LogP contribution in [0.2, 0.25) is 0 Å². The van der Waals surface area contributed by atoms with Crippen molar-refractivity contribution in [2.45, 2.75) is 12.8 Å². The Morgan fingerprint density at radius 3 is 3.11 bits per heavy atom. The molecule has 1 fully saturated rings. The van der Waals surface area contributed by atoms with Gasteiger partial charge in [-0.1, -0.05) is 0 Å². The maximum absolute atomic E-state index is 11.5. The number of methoxy groups -OCH3 is 1. The summed E-state index contributed by atoms with van der Waals surface area (Å²) in [5.74, 6) is 0.925. The molecule has 1 heterocycles. The molecule has 1 aliphatic carbocycles. The van der Waals surface area contributed by atoms with E-state index in [0.29, 0.717) is 24.5 Å². The lowest BCUT2D eigenvalue weighted by molar-refractivity contribution is 0.0601. The Morgan fingerprint density at radius 2 is 2.39 bits per heavy atom. The zero-order valence-electron chi connectivity index (χ0n) is 10.5. The van der Waals surface area contributed by atoms with Crippen molar-refractivity contribution in [3.8, 4) is 0 Å². The standard InChI is InChI=1S/C13H18N2O3/c1-17-13(16)11-3-2-6-14-12(11)15-7-8-18-9-10-4-5-10/h2-3,6,10H,4-5,7-9H2,1H3,(H,14,15). The first-order valence-corrected chi connectivity index (χ1v) is 6.16. The summed E-state index contributed by atoms with van der Waals surface area (Å²) in [6.45, 7) is 2.09. The number of rotatable bonds is 7. The van der Waals surface area contributed by atoms with E-state index in [0.717, 1.165) is 12.5 Å². The van der Waals surface area contributed by atoms with Crippen LogP contribution in [-0.2, 0) is 9.47 Å². The van der Waals surface area contributed by atoms with E-state index in [2.05, 4.69) is 10.3 Å². The molecule has 0 saturated heterocycles. The molecular formula is C13H18N2O3. The van der Waals surface area contributed by atoms with Gasteiger partial charge in [0.1, 0.15) is 11.4 Å². The fraction of sp³-hybridized carbons (Fsp3) is 0.538. The summed E-state index contributed by atoms with van der Waals surface area (Å²) in [6, 6.07) is 3.40. The van der Waals surface area contributed by atoms with E-state index in [1.165, 1.54) is 20.0 Å². The van der Waals surface area contributed by atoms with Crippen molar-refractivity contribution in [3.63, 3.8) is 0 Å². The van der Waals surface area contributed by atoms with E-state index < -0.39 is 0 Å². The number of nitrogens with one attached hydrogen (secondary N) is 1. The summed E-state index contributed by atoms with van der Waals surface area (Å²) in [5, 5.41) is 3.09. The third-order valence-electron chi connectivity index (χ3n) is 2.80. The van der Waals surface area contributed by atoms with Crippen LogP contribution in [0.5, 0.6) is 0 Å². The Bertz CT molecular complexity index is 405. The number of esters is 1. The van der Waals surface area contributed by atoms with Crippen LogP contribution in [0, 0.1) is 5.92 Å². The molecule has 0 aliphatic heterocycles. The molecule has 1 aliphatic rings. The van der Waals surface area contributed by atoms with Crippen LogP contribution in [0.4, 0.5) is 5.82 Å². The molecule has 1 saturated carbocycles. The van der Waals surface area contributed by atoms with Gasteiger partial charge in [-0.3, -0.25) is 0 Å². The molecule has 0 amide bonds. The highest BCUT2D eigenvalue weighted by molar-refractivity contribution is 5.94. The van der Waals surface area contributed by atoms with Gasteiger partial charge in [0.05, 0.1) is 13.7 Å². The van der Waals surface area contributed by atoms with Gasteiger partial charge in [0.2, 0.25) is 0 Å². The van der Waals surface area contributed by atoms with Gasteiger partial charge < -0.3 is 14.8 Å². The topological polar surface area (TPSA) is 60.5 Å². The number of hydrogen-bond acceptors (Lipinski definition) is 5. The van der Waals surface area contributed by atoms with E-state index in [9.17, 15) is 4.79 Å². The number of nitrogens with zero attached hydrogens (tertiary/aromatic N) is 1. The summed E-state index contributed by atoms with van der Waals surface area (Å²) in [7, 11) is 1.36. The average Bonchev–Trinajstić information content (AvgIpc) is 3.22. The Kier molecular flexibility index (Phi) is 4.52. The summed E-state index contributed by atoms with van der Waals surface area (Å²) in [5.41, 5.74) is 0.446. The number of pyridine rings is 1. The van der Waals surface area contributed by atoms with Crippen molar-refractivity contribution in [1.82, 2.24) is 4.98 Å². The fourth-order valence-electron chi connectivity index (χ4n) is 1.60. The predicted octanol–water partition coefficient (Wildman–Crippen LogP) is 1.71. The van der Waals surface area contributed by atoms with Crippen LogP contribution in [0.3, 0.4) is 0 Å². The zero-order valence-corrected chi connectivity index (χ0v) is 10.5. The lowest BCUT2D eigenvalue weighted by Crippen LogP contribution is -2.14. The number of aromatic nitrogens is 1. The van der Waals surface area contributed by atoms with Gasteiger partial charge in [0.25, 0.3) is 0 Å². The maximum Gasteiger partial charge on any atom is 0.341 e. The third-order valence-corrected chi connectivity index (χ3v) is 2.80. The van der Waals surface area contributed by atoms with E-state index in [-0.39, 0.29) is 5.97 Å². The molecule has 0 unspecified atom stereocenters. The number of carbonyl (C=O) groups is 1. The van der Waals surface area contributed by atoms with E-state index in [1.807, 2.05) is 0 Å². The van der Waals surface area contributed by atoms with Crippen LogP contribution in [0.1, 0.15) is 23.2 Å². The Balaban J connectivity index is 1.78. The van der Waals surface area contributed by atoms with Gasteiger partial charge in [0, 0.05) is 19.3 Å². The van der Waals surface area contributed by atoms with Crippen LogP contribution in [0.15, 0.2) is 18.3 Å². The van der Waals surface area contributed by atoms with Crippen molar-refractivity contribution in [3.05, 3.63) is 23.9 Å². The molecule has 0 spiro atoms. The van der Waals surface area contributed by atoms with Crippen molar-refractivity contribution >= 4 is 11.8 Å². The highest BCUT2D eigenvalue weighted by atomic mass is 16.5. The first kappa shape index (κ1) is 12.8. The van der Waals surface area contributed by atoms with Crippen molar-refractivity contribution < 1.29 is 14.3 Å². The molecular weight excluding hydrogens is 232 g/mol. The molecule has 0 radical (unpaired) electrons. The molecule has 18 heavy (non-hydrogen) atoms. The van der Waals surface area contributed by atoms with Gasteiger partial charge in [-0.15, -0.1) is 0 Å². The minimum atomic E-state index is -0.385. The molecule has 0 atom stereocenters. The van der Waals surface area contributed by atoms with Gasteiger partial charge in [-0.2, -0.15) is 0 Å². The lowest BCUT2D eigenvalue weighted by atomic mass is 10.2. The van der Waals surface area contributed by atoms with Gasteiger partial charge in [0.15, 0.2) is 0 Å². The predicted molar refractivity (Wildman–Crippen MR) is 67.6 cm³/mol. The highest BCUT2D eigenvalue weighted by Crippen LogP contribution is 2.28. The van der Waals surface area contributed by atoms with Crippen LogP contribution >= 0.6 is 0 Å². The number of ether oxygens (including phenoxy) is 2. The van der Waals surface area contributed by atoms with Gasteiger partial charge in [-0.25, -0.2) is 9.78 Å². The monoisotopic (exact) mass is 250 g/mol. The normalized spacial score (nSPS) is 14.3. The lowest BCUT2D eigenvalue weighted by Gasteiger charge is -2.09. The Labute approximate surface area is 107 Å². The molecule has 98 valence electrons. The molecule has 5 heteroatoms. The molecule has 1 aromatic rings. The molecule has 1 aromatic heterocycles. The largest absolute Gasteiger partial charge is 0.465 e. The Morgan fingerprint density at radius 1 is 1.56 bits per heavy atom. The first-order valence-electron chi connectivity index (χ1n) is 6.16. The summed E-state index contributed by atoms with van der Waals surface area (Å²) < 4.78 is 10.2. The van der Waals surface area contributed by atoms with Crippen molar-refractivity contribution in [2.75, 3.05) is 32.2 Å². The summed E-state index contributed by atoms with van der Waals surface area (Å²) in [6.07, 6.45) is 4.22. The second-order valence-electron chi connectivity index (χ2n) is 4.34. The summed E-state index contributed by atoms with van der Waals surface area (Å²) >= 11 is 0. The van der Waals surface area contributed by atoms with E-state index >= 15 is 0 Å². The number of anilines is 1. The van der Waals surface area contributed by atoms with E-state index in [4.69, 9.17) is 9.47 Å². The molecule has 1 N–H and O–H groups in total. The second-order valence-corrected chi connectivity index (χ2v) is 4.34. The zero-order chi connectivity index (χ0) is 12.8. The molecule has 0 bridgehead atoms. The fourth-order valence-corrected chi connectivity index (χ4v) is 1.60. The number of hydrogen-bond donors (Lipinski definition) is 1. The smallest absolute Gasteiger partial charge is 0.341 e. The maximum atomic E-state index is 11.5. The van der Waals surface area contributed by atoms with Crippen molar-refractivity contribution in [1.29, 1.82) is 0 Å². The van der Waals surface area contributed by atoms with Gasteiger partial charge in [-0.05, 0) is 30.9 Å². The Hall–Kier alpha value is -1.62. The van der Waals surface area contributed by atoms with E-state index in [1.54, 1.807) is 18.3 Å². The third kappa shape index (κ3) is 3.70. The molecule has 2 rings (SSSR count). The minimum absolute atomic E-state index is 0.385. The quantitative estimate of drug-likeness (QED) is 0.589. The highest BCUT2D eigenvalue weighted by Gasteiger charge is 2.20. The SMILES string of the molecule is COC(=O)c1cccnc1NCCOCC1CC1. The minimum Gasteiger partial charge on any atom is -0.465 e. The molecule has 0 aromatic carbocycles. The van der Waals surface area contributed by atoms with Crippen LogP contribution < -0.4 is 5.32 Å². The average molecular weight is 250 g/mol. The van der Waals surface area contributed by atoms with Crippen LogP contribution in [0.25, 0.3) is 0 Å². The second kappa shape index (κ2) is 6.35. The first-order chi connectivity index (χ1) is 8.81. The molecule has 5 nitrogen and oxygen atoms in total. The summed E-state index contributed by atoms with van der Waals surface area (Å²) in [4.78, 5) is 15.6. The van der Waals surface area contributed by atoms with Crippen LogP contribution in [-0.4, -0.2) is 37.8 Å². The van der Waals surface area contributed by atoms with Crippen molar-refractivity contribution in [2.24, 2.45) is 5.92 Å².